The molecule has 0 bridgehead atoms. The maximum Gasteiger partial charge on any atom is 2.00 e. The number of allylic oxidation sites excluding steroid dienone is 6. The van der Waals surface area contributed by atoms with Crippen molar-refractivity contribution in [1.29, 1.82) is 0 Å². The van der Waals surface area contributed by atoms with Crippen LogP contribution in [0.15, 0.2) is 90.2 Å². The van der Waals surface area contributed by atoms with Gasteiger partial charge in [0.2, 0.25) is 0 Å². The first-order valence-corrected chi connectivity index (χ1v) is 7.78. The molecule has 1 heterocycles. The molecule has 2 aromatic rings. The molecule has 2 aliphatic rings. The van der Waals surface area contributed by atoms with E-state index in [0.717, 1.165) is 5.57 Å². The van der Waals surface area contributed by atoms with Crippen LogP contribution in [0.25, 0.3) is 5.76 Å². The summed E-state index contributed by atoms with van der Waals surface area (Å²) in [7, 11) is 0. The number of benzene rings is 1. The fourth-order valence-corrected chi connectivity index (χ4v) is 2.37. The molecule has 0 N–H and O–H groups in total. The van der Waals surface area contributed by atoms with Gasteiger partial charge < -0.3 is 14.6 Å². The normalized spacial score (nSPS) is 13.7. The van der Waals surface area contributed by atoms with E-state index in [9.17, 15) is 9.90 Å². The number of esters is 1. The predicted octanol–water partition coefficient (Wildman–Crippen LogP) is 3.49. The van der Waals surface area contributed by atoms with E-state index in [4.69, 9.17) is 9.47 Å². The number of fused-ring (bicyclic) bond motifs is 1. The van der Waals surface area contributed by atoms with Crippen molar-refractivity contribution in [2.45, 2.75) is 6.92 Å². The van der Waals surface area contributed by atoms with Crippen LogP contribution in [0.4, 0.5) is 0 Å². The molecular weight excluding hydrogens is 372 g/mol. The molecule has 26 heavy (non-hydrogen) atoms. The molecule has 0 amide bonds. The molecule has 0 radical (unpaired) electrons. The number of hydrogen-bond donors (Lipinski definition) is 0. The van der Waals surface area contributed by atoms with Crippen LogP contribution >= 0.6 is 0 Å². The molecule has 0 aromatic heterocycles. The Kier molecular flexibility index (Phi) is 6.73. The third kappa shape index (κ3) is 4.82. The Labute approximate surface area is 162 Å². The molecule has 0 spiro atoms. The van der Waals surface area contributed by atoms with E-state index < -0.39 is 5.97 Å². The van der Waals surface area contributed by atoms with E-state index in [1.54, 1.807) is 18.2 Å². The predicted molar refractivity (Wildman–Crippen MR) is 93.7 cm³/mol. The second-order valence-corrected chi connectivity index (χ2v) is 5.36. The number of hydrogen-bond acceptors (Lipinski definition) is 4. The third-order valence-electron chi connectivity index (χ3n) is 3.46. The summed E-state index contributed by atoms with van der Waals surface area (Å²) in [6.07, 6.45) is 8.92. The quantitative estimate of drug-likeness (QED) is 0.325. The Morgan fingerprint density at radius 2 is 1.85 bits per heavy atom. The van der Waals surface area contributed by atoms with Gasteiger partial charge in [-0.05, 0) is 18.2 Å². The van der Waals surface area contributed by atoms with Gasteiger partial charge in [0, 0.05) is 24.1 Å². The Bertz CT molecular complexity index is 856. The fraction of sp³-hybridized carbons (Fsp3) is 0.0476. The topological polar surface area (TPSA) is 58.6 Å². The number of rotatable bonds is 1. The fourth-order valence-electron chi connectivity index (χ4n) is 2.37. The largest absolute Gasteiger partial charge is 2.00 e. The van der Waals surface area contributed by atoms with E-state index in [1.807, 2.05) is 54.6 Å². The van der Waals surface area contributed by atoms with Crippen LogP contribution in [0, 0.1) is 0 Å². The van der Waals surface area contributed by atoms with Gasteiger partial charge in [-0.15, -0.1) is 0 Å². The van der Waals surface area contributed by atoms with E-state index in [0.29, 0.717) is 22.8 Å². The van der Waals surface area contributed by atoms with Gasteiger partial charge in [0.1, 0.15) is 17.3 Å². The van der Waals surface area contributed by atoms with Gasteiger partial charge in [-0.2, -0.15) is 18.2 Å². The molecule has 0 fully saturated rings. The van der Waals surface area contributed by atoms with E-state index in [2.05, 4.69) is 0 Å². The SMILES string of the molecule is CC(=O)Oc1ccc2c(c1)OC(=C1C=CC=C1)C=C2[O-].[Fe+2].c1cc[cH-]c1. The molecule has 132 valence electrons. The minimum Gasteiger partial charge on any atom is -0.872 e. The molecule has 1 aliphatic heterocycles. The molecule has 5 heteroatoms. The Balaban J connectivity index is 0.000000351. The average Bonchev–Trinajstić information content (AvgIpc) is 3.30. The summed E-state index contributed by atoms with van der Waals surface area (Å²) in [5, 5.41) is 12.1. The monoisotopic (exact) mass is 388 g/mol. The molecular formula is C21H16FeO4. The Morgan fingerprint density at radius 3 is 2.42 bits per heavy atom. The maximum atomic E-state index is 12.1. The van der Waals surface area contributed by atoms with Crippen LogP contribution in [0.5, 0.6) is 11.5 Å². The molecule has 4 rings (SSSR count). The van der Waals surface area contributed by atoms with Crippen LogP contribution in [0.3, 0.4) is 0 Å². The van der Waals surface area contributed by atoms with E-state index >= 15 is 0 Å². The van der Waals surface area contributed by atoms with Gasteiger partial charge in [-0.1, -0.05) is 30.1 Å². The Hall–Kier alpha value is -2.88. The van der Waals surface area contributed by atoms with Gasteiger partial charge in [0.25, 0.3) is 0 Å². The molecule has 1 aliphatic carbocycles. The van der Waals surface area contributed by atoms with Gasteiger partial charge >= 0.3 is 23.0 Å². The summed E-state index contributed by atoms with van der Waals surface area (Å²) < 4.78 is 10.7. The summed E-state index contributed by atoms with van der Waals surface area (Å²) in [4.78, 5) is 11.0. The van der Waals surface area contributed by atoms with Crippen molar-refractivity contribution in [3.63, 3.8) is 0 Å². The molecule has 0 saturated heterocycles. The smallest absolute Gasteiger partial charge is 0.872 e. The minimum atomic E-state index is -0.418. The standard InChI is InChI=1S/C16H12O4.C5H5.Fe/c1-10(17)19-12-6-7-13-14(18)9-15(20-16(13)8-12)11-4-2-3-5-11;1-2-4-5-3-1;/h2-9,18H,1H3;1-5H;/q;-1;+2/p-1. The molecule has 2 aromatic carbocycles. The summed E-state index contributed by atoms with van der Waals surface area (Å²) in [6.45, 7) is 1.32. The molecule has 0 saturated carbocycles. The van der Waals surface area contributed by atoms with Gasteiger partial charge in [0.05, 0.1) is 0 Å². The minimum absolute atomic E-state index is 0. The van der Waals surface area contributed by atoms with Crippen LogP contribution in [-0.2, 0) is 21.9 Å². The van der Waals surface area contributed by atoms with Gasteiger partial charge in [-0.25, -0.2) is 12.1 Å². The van der Waals surface area contributed by atoms with Crippen molar-refractivity contribution in [3.05, 3.63) is 95.8 Å². The first kappa shape index (κ1) is 19.4. The van der Waals surface area contributed by atoms with Crippen molar-refractivity contribution in [2.75, 3.05) is 0 Å². The molecule has 4 nitrogen and oxygen atoms in total. The second-order valence-electron chi connectivity index (χ2n) is 5.36. The van der Waals surface area contributed by atoms with Crippen molar-refractivity contribution < 1.29 is 36.4 Å². The summed E-state index contributed by atoms with van der Waals surface area (Å²) >= 11 is 0. The third-order valence-corrected chi connectivity index (χ3v) is 3.46. The van der Waals surface area contributed by atoms with E-state index in [-0.39, 0.29) is 22.8 Å². The van der Waals surface area contributed by atoms with E-state index in [1.165, 1.54) is 13.0 Å². The van der Waals surface area contributed by atoms with Crippen LogP contribution < -0.4 is 14.6 Å². The molecule has 0 atom stereocenters. The van der Waals surface area contributed by atoms with Crippen molar-refractivity contribution >= 4 is 11.7 Å². The van der Waals surface area contributed by atoms with Crippen molar-refractivity contribution in [3.8, 4) is 11.5 Å². The summed E-state index contributed by atoms with van der Waals surface area (Å²) in [6, 6.07) is 14.7. The van der Waals surface area contributed by atoms with Gasteiger partial charge in [-0.3, -0.25) is 4.79 Å². The first-order valence-electron chi connectivity index (χ1n) is 7.78. The molecule has 0 unspecified atom stereocenters. The maximum absolute atomic E-state index is 12.1. The zero-order valence-corrected chi connectivity index (χ0v) is 15.1. The number of carbonyl (C=O) groups is 1. The first-order chi connectivity index (χ1) is 12.1. The Morgan fingerprint density at radius 1 is 1.15 bits per heavy atom. The van der Waals surface area contributed by atoms with Gasteiger partial charge in [0.15, 0.2) is 0 Å². The number of ether oxygens (including phenoxy) is 2. The zero-order valence-electron chi connectivity index (χ0n) is 14.0. The zero-order chi connectivity index (χ0) is 17.6. The van der Waals surface area contributed by atoms with Crippen molar-refractivity contribution in [1.82, 2.24) is 0 Å². The van der Waals surface area contributed by atoms with Crippen LogP contribution in [0.1, 0.15) is 12.5 Å². The second kappa shape index (κ2) is 8.99. The average molecular weight is 388 g/mol. The number of carbonyl (C=O) groups excluding carboxylic acids is 1. The van der Waals surface area contributed by atoms with Crippen LogP contribution in [-0.4, -0.2) is 5.97 Å². The summed E-state index contributed by atoms with van der Waals surface area (Å²) in [5.41, 5.74) is 1.29. The summed E-state index contributed by atoms with van der Waals surface area (Å²) in [5.74, 6) is 0.698. The van der Waals surface area contributed by atoms with Crippen LogP contribution in [0.2, 0.25) is 0 Å². The van der Waals surface area contributed by atoms with Crippen molar-refractivity contribution in [2.24, 2.45) is 0 Å².